The molecule has 2 N–H and O–H groups in total. The fourth-order valence-corrected chi connectivity index (χ4v) is 4.74. The normalized spacial score (nSPS) is 11.7. The number of rotatable bonds is 12. The number of anilines is 1. The van der Waals surface area contributed by atoms with Gasteiger partial charge in [0.05, 0.1) is 12.1 Å². The average molecular weight is 521 g/mol. The molecule has 8 heteroatoms. The summed E-state index contributed by atoms with van der Waals surface area (Å²) in [6.07, 6.45) is 1.89. The fraction of sp³-hybridized carbons (Fsp3) is 0.379. The third-order valence-electron chi connectivity index (χ3n) is 5.84. The molecule has 1 atom stereocenters. The van der Waals surface area contributed by atoms with Gasteiger partial charge >= 0.3 is 0 Å². The zero-order valence-corrected chi connectivity index (χ0v) is 22.8. The number of benzene rings is 2. The van der Waals surface area contributed by atoms with Gasteiger partial charge in [0.15, 0.2) is 5.13 Å². The Hall–Kier alpha value is -3.52. The fourth-order valence-electron chi connectivity index (χ4n) is 4.01. The molecule has 0 spiro atoms. The van der Waals surface area contributed by atoms with Crippen molar-refractivity contribution in [2.45, 2.75) is 53.0 Å². The quantitative estimate of drug-likeness (QED) is 0.357. The van der Waals surface area contributed by atoms with Crippen LogP contribution in [-0.4, -0.2) is 46.7 Å². The lowest BCUT2D eigenvalue weighted by molar-refractivity contribution is -0.121. The van der Waals surface area contributed by atoms with Crippen molar-refractivity contribution in [3.63, 3.8) is 0 Å². The van der Waals surface area contributed by atoms with Crippen molar-refractivity contribution in [1.29, 1.82) is 0 Å². The molecule has 7 nitrogen and oxygen atoms in total. The Morgan fingerprint density at radius 2 is 1.68 bits per heavy atom. The van der Waals surface area contributed by atoms with Gasteiger partial charge in [-0.3, -0.25) is 14.4 Å². The van der Waals surface area contributed by atoms with E-state index in [0.717, 1.165) is 18.4 Å². The monoisotopic (exact) mass is 520 g/mol. The topological polar surface area (TPSA) is 91.4 Å². The Bertz CT molecular complexity index is 1190. The van der Waals surface area contributed by atoms with E-state index in [1.165, 1.54) is 16.9 Å². The Labute approximate surface area is 223 Å². The van der Waals surface area contributed by atoms with Gasteiger partial charge in [0, 0.05) is 23.5 Å². The van der Waals surface area contributed by atoms with E-state index in [0.29, 0.717) is 22.9 Å². The molecular weight excluding hydrogens is 484 g/mol. The van der Waals surface area contributed by atoms with Crippen LogP contribution in [-0.2, 0) is 22.4 Å². The van der Waals surface area contributed by atoms with Crippen molar-refractivity contribution >= 4 is 34.2 Å². The summed E-state index contributed by atoms with van der Waals surface area (Å²) < 4.78 is 0. The first-order valence-corrected chi connectivity index (χ1v) is 13.5. The molecule has 0 bridgehead atoms. The molecule has 0 radical (unpaired) electrons. The highest BCUT2D eigenvalue weighted by molar-refractivity contribution is 7.13. The third kappa shape index (κ3) is 9.13. The van der Waals surface area contributed by atoms with Crippen molar-refractivity contribution in [3.8, 4) is 0 Å². The second-order valence-electron chi connectivity index (χ2n) is 9.76. The molecule has 1 aromatic heterocycles. The predicted molar refractivity (Wildman–Crippen MR) is 149 cm³/mol. The molecule has 0 aliphatic heterocycles. The molecule has 3 aromatic rings. The molecule has 3 rings (SSSR count). The zero-order valence-electron chi connectivity index (χ0n) is 22.0. The van der Waals surface area contributed by atoms with Gasteiger partial charge in [0.2, 0.25) is 11.8 Å². The minimum Gasteiger partial charge on any atom is -0.353 e. The summed E-state index contributed by atoms with van der Waals surface area (Å²) in [4.78, 5) is 44.3. The number of aryl methyl sites for hydroxylation is 2. The summed E-state index contributed by atoms with van der Waals surface area (Å²) in [6, 6.07) is 17.6. The van der Waals surface area contributed by atoms with E-state index in [-0.39, 0.29) is 42.6 Å². The van der Waals surface area contributed by atoms with Crippen LogP contribution in [0.2, 0.25) is 0 Å². The van der Waals surface area contributed by atoms with Gasteiger partial charge < -0.3 is 15.5 Å². The number of hydrogen-bond acceptors (Lipinski definition) is 5. The van der Waals surface area contributed by atoms with Gasteiger partial charge in [-0.1, -0.05) is 62.4 Å². The Balaban J connectivity index is 1.50. The highest BCUT2D eigenvalue weighted by Gasteiger charge is 2.22. The first-order chi connectivity index (χ1) is 17.7. The third-order valence-corrected chi connectivity index (χ3v) is 6.65. The van der Waals surface area contributed by atoms with Crippen LogP contribution >= 0.6 is 11.3 Å². The highest BCUT2D eigenvalue weighted by Crippen LogP contribution is 2.17. The Morgan fingerprint density at radius 1 is 0.973 bits per heavy atom. The second-order valence-corrected chi connectivity index (χ2v) is 10.6. The number of nitrogens with one attached hydrogen (secondary N) is 2. The van der Waals surface area contributed by atoms with Crippen LogP contribution in [0.1, 0.15) is 54.4 Å². The van der Waals surface area contributed by atoms with Crippen LogP contribution in [0.5, 0.6) is 0 Å². The van der Waals surface area contributed by atoms with Crippen molar-refractivity contribution < 1.29 is 14.4 Å². The number of hydrogen-bond donors (Lipinski definition) is 2. The maximum atomic E-state index is 13.1. The van der Waals surface area contributed by atoms with Crippen LogP contribution in [0.4, 0.5) is 5.13 Å². The lowest BCUT2D eigenvalue weighted by atomic mass is 10.1. The van der Waals surface area contributed by atoms with Crippen LogP contribution < -0.4 is 10.6 Å². The van der Waals surface area contributed by atoms with Gasteiger partial charge in [-0.2, -0.15) is 0 Å². The van der Waals surface area contributed by atoms with Gasteiger partial charge in [-0.05, 0) is 49.8 Å². The van der Waals surface area contributed by atoms with Gasteiger partial charge in [0.25, 0.3) is 5.91 Å². The van der Waals surface area contributed by atoms with Crippen molar-refractivity contribution in [2.75, 3.05) is 18.4 Å². The first kappa shape index (κ1) is 28.1. The van der Waals surface area contributed by atoms with Crippen LogP contribution in [0, 0.1) is 12.8 Å². The van der Waals surface area contributed by atoms with Gasteiger partial charge in [-0.15, -0.1) is 11.3 Å². The van der Waals surface area contributed by atoms with E-state index < -0.39 is 0 Å². The standard InChI is InChI=1S/C29H36N4O3S/c1-20(2)17-33(28(36)25-13-9-8-10-21(25)3)18-27(35)32-29-31-24(19-37-29)16-26(34)30-22(4)14-15-23-11-6-5-7-12-23/h5-13,19-20,22H,14-18H2,1-4H3,(H,30,34)(H,31,32,35). The summed E-state index contributed by atoms with van der Waals surface area (Å²) in [5, 5.41) is 7.99. The molecule has 0 saturated carbocycles. The van der Waals surface area contributed by atoms with Crippen LogP contribution in [0.25, 0.3) is 0 Å². The van der Waals surface area contributed by atoms with E-state index in [1.54, 1.807) is 16.3 Å². The second kappa shape index (κ2) is 13.7. The maximum Gasteiger partial charge on any atom is 0.254 e. The van der Waals surface area contributed by atoms with E-state index in [4.69, 9.17) is 0 Å². The number of carbonyl (C=O) groups excluding carboxylic acids is 3. The number of aromatic nitrogens is 1. The summed E-state index contributed by atoms with van der Waals surface area (Å²) in [6.45, 7) is 8.30. The molecule has 37 heavy (non-hydrogen) atoms. The van der Waals surface area contributed by atoms with E-state index in [9.17, 15) is 14.4 Å². The predicted octanol–water partition coefficient (Wildman–Crippen LogP) is 4.87. The molecule has 2 aromatic carbocycles. The lowest BCUT2D eigenvalue weighted by Gasteiger charge is -2.24. The first-order valence-electron chi connectivity index (χ1n) is 12.6. The molecule has 3 amide bonds. The Kier molecular flexibility index (Phi) is 10.4. The summed E-state index contributed by atoms with van der Waals surface area (Å²) in [7, 11) is 0. The zero-order chi connectivity index (χ0) is 26.8. The minimum atomic E-state index is -0.317. The molecule has 0 fully saturated rings. The van der Waals surface area contributed by atoms with Crippen LogP contribution in [0.3, 0.4) is 0 Å². The van der Waals surface area contributed by atoms with E-state index >= 15 is 0 Å². The molecule has 1 heterocycles. The summed E-state index contributed by atoms with van der Waals surface area (Å²) in [5.74, 6) is -0.376. The summed E-state index contributed by atoms with van der Waals surface area (Å²) >= 11 is 1.27. The van der Waals surface area contributed by atoms with Crippen molar-refractivity contribution in [1.82, 2.24) is 15.2 Å². The van der Waals surface area contributed by atoms with E-state index in [1.807, 2.05) is 64.1 Å². The number of nitrogens with zero attached hydrogens (tertiary/aromatic N) is 2. The molecule has 1 unspecified atom stereocenters. The van der Waals surface area contributed by atoms with Gasteiger partial charge in [-0.25, -0.2) is 4.98 Å². The van der Waals surface area contributed by atoms with Crippen molar-refractivity contribution in [3.05, 3.63) is 82.4 Å². The van der Waals surface area contributed by atoms with Gasteiger partial charge in [0.1, 0.15) is 6.54 Å². The molecule has 0 aliphatic carbocycles. The highest BCUT2D eigenvalue weighted by atomic mass is 32.1. The maximum absolute atomic E-state index is 13.1. The molecular formula is C29H36N4O3S. The SMILES string of the molecule is Cc1ccccc1C(=O)N(CC(=O)Nc1nc(CC(=O)NC(C)CCc2ccccc2)cs1)CC(C)C. The number of amides is 3. The van der Waals surface area contributed by atoms with Crippen molar-refractivity contribution in [2.24, 2.45) is 5.92 Å². The number of carbonyl (C=O) groups is 3. The summed E-state index contributed by atoms with van der Waals surface area (Å²) in [5.41, 5.74) is 3.31. The largest absolute Gasteiger partial charge is 0.353 e. The smallest absolute Gasteiger partial charge is 0.254 e. The molecule has 196 valence electrons. The number of thiazole rings is 1. The molecule has 0 saturated heterocycles. The lowest BCUT2D eigenvalue weighted by Crippen LogP contribution is -2.40. The van der Waals surface area contributed by atoms with E-state index in [2.05, 4.69) is 27.8 Å². The average Bonchev–Trinajstić information content (AvgIpc) is 3.28. The minimum absolute atomic E-state index is 0.0447. The molecule has 0 aliphatic rings. The van der Waals surface area contributed by atoms with Crippen LogP contribution in [0.15, 0.2) is 60.0 Å². The Morgan fingerprint density at radius 3 is 2.38 bits per heavy atom.